The molecule has 2 amide bonds. The summed E-state index contributed by atoms with van der Waals surface area (Å²) in [6.07, 6.45) is 1.47. The van der Waals surface area contributed by atoms with Crippen molar-refractivity contribution in [3.05, 3.63) is 69.0 Å². The third-order valence-corrected chi connectivity index (χ3v) is 4.28. The summed E-state index contributed by atoms with van der Waals surface area (Å²) in [5, 5.41) is 7.75. The predicted octanol–water partition coefficient (Wildman–Crippen LogP) is 3.52. The second-order valence-electron chi connectivity index (χ2n) is 4.51. The second-order valence-corrected chi connectivity index (χ2v) is 5.89. The second kappa shape index (κ2) is 5.71. The van der Waals surface area contributed by atoms with Gasteiger partial charge < -0.3 is 10.6 Å². The number of nitrogens with one attached hydrogen (secondary N) is 2. The average Bonchev–Trinajstić information content (AvgIpc) is 3.01. The van der Waals surface area contributed by atoms with E-state index in [4.69, 9.17) is 11.6 Å². The normalized spacial score (nSPS) is 17.7. The number of Topliss-reactive ketones (excluding diaryl/α,β-unsaturated/α-hetero) is 1. The summed E-state index contributed by atoms with van der Waals surface area (Å²) in [5.74, 6) is -0.0996. The zero-order valence-electron chi connectivity index (χ0n) is 10.8. The highest BCUT2D eigenvalue weighted by Gasteiger charge is 2.28. The Morgan fingerprint density at radius 1 is 1.19 bits per heavy atom. The largest absolute Gasteiger partial charge is 0.327 e. The SMILES string of the molecule is O=C1NC=C(C(=O)c2cccs2)C(c2ccc(Cl)cc2)N1. The number of carbonyl (C=O) groups excluding carboxylic acids is 2. The molecule has 0 fully saturated rings. The van der Waals surface area contributed by atoms with E-state index in [-0.39, 0.29) is 11.8 Å². The molecule has 2 heterocycles. The maximum absolute atomic E-state index is 12.5. The molecule has 6 heteroatoms. The Morgan fingerprint density at radius 2 is 1.95 bits per heavy atom. The number of benzene rings is 1. The summed E-state index contributed by atoms with van der Waals surface area (Å²) in [6, 6.07) is 9.84. The molecule has 2 aromatic rings. The smallest absolute Gasteiger partial charge is 0.319 e. The first kappa shape index (κ1) is 13.9. The number of halogens is 1. The summed E-state index contributed by atoms with van der Waals surface area (Å²) < 4.78 is 0. The van der Waals surface area contributed by atoms with Crippen LogP contribution in [0.3, 0.4) is 0 Å². The minimum atomic E-state index is -0.481. The molecule has 21 heavy (non-hydrogen) atoms. The fraction of sp³-hybridized carbons (Fsp3) is 0.0667. The Morgan fingerprint density at radius 3 is 2.62 bits per heavy atom. The van der Waals surface area contributed by atoms with Crippen LogP contribution >= 0.6 is 22.9 Å². The highest BCUT2D eigenvalue weighted by atomic mass is 35.5. The van der Waals surface area contributed by atoms with Crippen molar-refractivity contribution in [3.63, 3.8) is 0 Å². The van der Waals surface area contributed by atoms with Gasteiger partial charge in [-0.3, -0.25) is 4.79 Å². The maximum Gasteiger partial charge on any atom is 0.319 e. The lowest BCUT2D eigenvalue weighted by molar-refractivity contribution is 0.102. The van der Waals surface area contributed by atoms with Gasteiger partial charge in [0.1, 0.15) is 0 Å². The van der Waals surface area contributed by atoms with Crippen molar-refractivity contribution in [3.8, 4) is 0 Å². The van der Waals surface area contributed by atoms with E-state index in [0.717, 1.165) is 5.56 Å². The quantitative estimate of drug-likeness (QED) is 0.851. The van der Waals surface area contributed by atoms with Gasteiger partial charge in [0.15, 0.2) is 0 Å². The Kier molecular flexibility index (Phi) is 3.77. The number of rotatable bonds is 3. The van der Waals surface area contributed by atoms with Gasteiger partial charge in [-0.2, -0.15) is 0 Å². The van der Waals surface area contributed by atoms with Crippen molar-refractivity contribution >= 4 is 34.8 Å². The van der Waals surface area contributed by atoms with Crippen LogP contribution in [0, 0.1) is 0 Å². The maximum atomic E-state index is 12.5. The molecule has 0 saturated heterocycles. The van der Waals surface area contributed by atoms with Crippen LogP contribution in [-0.4, -0.2) is 11.8 Å². The number of thiophene rings is 1. The first-order valence-corrected chi connectivity index (χ1v) is 7.51. The molecule has 1 aromatic heterocycles. The summed E-state index contributed by atoms with van der Waals surface area (Å²) >= 11 is 7.25. The molecule has 0 aliphatic carbocycles. The van der Waals surface area contributed by atoms with Crippen LogP contribution < -0.4 is 10.6 Å². The van der Waals surface area contributed by atoms with Crippen molar-refractivity contribution in [1.82, 2.24) is 10.6 Å². The molecule has 0 bridgehead atoms. The van der Waals surface area contributed by atoms with Crippen molar-refractivity contribution < 1.29 is 9.59 Å². The van der Waals surface area contributed by atoms with Crippen molar-refractivity contribution in [1.29, 1.82) is 0 Å². The van der Waals surface area contributed by atoms with Gasteiger partial charge in [-0.15, -0.1) is 11.3 Å². The molecule has 1 unspecified atom stereocenters. The minimum Gasteiger partial charge on any atom is -0.327 e. The molecule has 1 aliphatic heterocycles. The molecule has 4 nitrogen and oxygen atoms in total. The molecular weight excluding hydrogens is 308 g/mol. The van der Waals surface area contributed by atoms with Crippen LogP contribution in [-0.2, 0) is 0 Å². The standard InChI is InChI=1S/C15H11ClN2O2S/c16-10-5-3-9(4-6-10)13-11(8-17-15(20)18-13)14(19)12-2-1-7-21-12/h1-8,13H,(H2,17,18,20). The summed E-state index contributed by atoms with van der Waals surface area (Å²) in [4.78, 5) is 24.7. The fourth-order valence-electron chi connectivity index (χ4n) is 2.14. The van der Waals surface area contributed by atoms with Gasteiger partial charge >= 0.3 is 6.03 Å². The average molecular weight is 319 g/mol. The lowest BCUT2D eigenvalue weighted by atomic mass is 9.94. The van der Waals surface area contributed by atoms with E-state index in [9.17, 15) is 9.59 Å². The van der Waals surface area contributed by atoms with Crippen LogP contribution in [0.25, 0.3) is 0 Å². The summed E-state index contributed by atoms with van der Waals surface area (Å²) in [7, 11) is 0. The molecule has 2 N–H and O–H groups in total. The number of carbonyl (C=O) groups is 2. The van der Waals surface area contributed by atoms with Crippen LogP contribution in [0.1, 0.15) is 21.3 Å². The van der Waals surface area contributed by atoms with Gasteiger partial charge in [-0.05, 0) is 29.1 Å². The van der Waals surface area contributed by atoms with Crippen LogP contribution in [0.4, 0.5) is 4.79 Å². The van der Waals surface area contributed by atoms with Crippen LogP contribution in [0.5, 0.6) is 0 Å². The first-order valence-electron chi connectivity index (χ1n) is 6.26. The molecule has 106 valence electrons. The Bertz CT molecular complexity index is 708. The van der Waals surface area contributed by atoms with Crippen molar-refractivity contribution in [2.45, 2.75) is 6.04 Å². The lowest BCUT2D eigenvalue weighted by Crippen LogP contribution is -2.42. The van der Waals surface area contributed by atoms with Crippen LogP contribution in [0.15, 0.2) is 53.6 Å². The Hall–Kier alpha value is -2.11. The van der Waals surface area contributed by atoms with E-state index in [1.54, 1.807) is 30.3 Å². The number of ketones is 1. The molecule has 3 rings (SSSR count). The zero-order chi connectivity index (χ0) is 14.8. The number of hydrogen-bond acceptors (Lipinski definition) is 3. The van der Waals surface area contributed by atoms with Crippen LogP contribution in [0.2, 0.25) is 5.02 Å². The van der Waals surface area contributed by atoms with E-state index in [2.05, 4.69) is 10.6 Å². The number of amides is 2. The highest BCUT2D eigenvalue weighted by molar-refractivity contribution is 7.12. The van der Waals surface area contributed by atoms with E-state index in [1.807, 2.05) is 11.4 Å². The topological polar surface area (TPSA) is 58.2 Å². The predicted molar refractivity (Wildman–Crippen MR) is 82.6 cm³/mol. The number of hydrogen-bond donors (Lipinski definition) is 2. The third kappa shape index (κ3) is 2.84. The van der Waals surface area contributed by atoms with E-state index in [1.165, 1.54) is 17.5 Å². The lowest BCUT2D eigenvalue weighted by Gasteiger charge is -2.25. The molecular formula is C15H11ClN2O2S. The summed E-state index contributed by atoms with van der Waals surface area (Å²) in [6.45, 7) is 0. The monoisotopic (exact) mass is 318 g/mol. The van der Waals surface area contributed by atoms with Gasteiger partial charge in [0.2, 0.25) is 5.78 Å². The Labute approximate surface area is 130 Å². The minimum absolute atomic E-state index is 0.0996. The van der Waals surface area contributed by atoms with E-state index >= 15 is 0 Å². The van der Waals surface area contributed by atoms with Gasteiger partial charge in [0, 0.05) is 16.8 Å². The third-order valence-electron chi connectivity index (χ3n) is 3.16. The first-order chi connectivity index (χ1) is 10.1. The summed E-state index contributed by atoms with van der Waals surface area (Å²) in [5.41, 5.74) is 1.31. The number of urea groups is 1. The van der Waals surface area contributed by atoms with Gasteiger partial charge in [0.05, 0.1) is 10.9 Å². The Balaban J connectivity index is 1.98. The van der Waals surface area contributed by atoms with E-state index < -0.39 is 6.04 Å². The highest BCUT2D eigenvalue weighted by Crippen LogP contribution is 2.28. The van der Waals surface area contributed by atoms with Crippen molar-refractivity contribution in [2.75, 3.05) is 0 Å². The zero-order valence-corrected chi connectivity index (χ0v) is 12.4. The fourth-order valence-corrected chi connectivity index (χ4v) is 2.95. The van der Waals surface area contributed by atoms with Gasteiger partial charge in [-0.1, -0.05) is 29.8 Å². The molecule has 0 radical (unpaired) electrons. The van der Waals surface area contributed by atoms with Crippen molar-refractivity contribution in [2.24, 2.45) is 0 Å². The molecule has 0 saturated carbocycles. The molecule has 1 aromatic carbocycles. The molecule has 1 aliphatic rings. The van der Waals surface area contributed by atoms with Gasteiger partial charge in [-0.25, -0.2) is 4.79 Å². The van der Waals surface area contributed by atoms with Gasteiger partial charge in [0.25, 0.3) is 0 Å². The molecule has 0 spiro atoms. The molecule has 1 atom stereocenters. The van der Waals surface area contributed by atoms with E-state index in [0.29, 0.717) is 15.5 Å².